The molecule has 4 rings (SSSR count). The quantitative estimate of drug-likeness (QED) is 0.756. The Morgan fingerprint density at radius 2 is 2.21 bits per heavy atom. The van der Waals surface area contributed by atoms with Crippen molar-refractivity contribution in [2.24, 2.45) is 0 Å². The van der Waals surface area contributed by atoms with Crippen molar-refractivity contribution in [2.75, 3.05) is 6.54 Å². The Morgan fingerprint density at radius 3 is 2.92 bits per heavy atom. The molecule has 3 aromatic rings. The number of aryl methyl sites for hydroxylation is 1. The van der Waals surface area contributed by atoms with Crippen LogP contribution in [-0.2, 0) is 6.42 Å². The normalized spacial score (nSPS) is 17.0. The van der Waals surface area contributed by atoms with E-state index in [1.807, 2.05) is 0 Å². The summed E-state index contributed by atoms with van der Waals surface area (Å²) < 4.78 is 16.9. The first kappa shape index (κ1) is 14.9. The summed E-state index contributed by atoms with van der Waals surface area (Å²) >= 11 is 0. The van der Waals surface area contributed by atoms with Gasteiger partial charge in [-0.05, 0) is 37.6 Å². The highest BCUT2D eigenvalue weighted by molar-refractivity contribution is 5.49. The van der Waals surface area contributed by atoms with E-state index in [0.717, 1.165) is 29.9 Å². The molecule has 7 heteroatoms. The van der Waals surface area contributed by atoms with Crippen LogP contribution in [0.2, 0.25) is 0 Å². The number of nitrogens with zero attached hydrogens (tertiary/aromatic N) is 3. The summed E-state index contributed by atoms with van der Waals surface area (Å²) in [5.74, 6) is 0.438. The van der Waals surface area contributed by atoms with Gasteiger partial charge < -0.3 is 10.3 Å². The molecule has 0 fully saturated rings. The number of fused-ring (bicyclic) bond motifs is 1. The Balaban J connectivity index is 2.02. The lowest BCUT2D eigenvalue weighted by Gasteiger charge is -2.20. The van der Waals surface area contributed by atoms with Gasteiger partial charge in [0.2, 0.25) is 0 Å². The van der Waals surface area contributed by atoms with E-state index < -0.39 is 0 Å². The van der Waals surface area contributed by atoms with Crippen LogP contribution in [0.25, 0.3) is 11.5 Å². The minimum absolute atomic E-state index is 0.0841. The van der Waals surface area contributed by atoms with Crippen LogP contribution in [0.4, 0.5) is 4.39 Å². The SMILES string of the molecule is Cc1cc(-n2nc3c(c2-n2cc[nH]c2=O)C(C)NCC3)ccc1F. The van der Waals surface area contributed by atoms with Crippen LogP contribution >= 0.6 is 0 Å². The third-order valence-corrected chi connectivity index (χ3v) is 4.48. The van der Waals surface area contributed by atoms with Crippen LogP contribution in [-0.4, -0.2) is 25.9 Å². The van der Waals surface area contributed by atoms with Crippen LogP contribution in [0.3, 0.4) is 0 Å². The van der Waals surface area contributed by atoms with Gasteiger partial charge in [-0.25, -0.2) is 13.9 Å². The van der Waals surface area contributed by atoms with E-state index in [1.165, 1.54) is 6.07 Å². The lowest BCUT2D eigenvalue weighted by atomic mass is 10.0. The third kappa shape index (κ3) is 2.20. The van der Waals surface area contributed by atoms with Gasteiger partial charge >= 0.3 is 5.69 Å². The average molecular weight is 327 g/mol. The zero-order valence-electron chi connectivity index (χ0n) is 13.5. The molecule has 0 saturated carbocycles. The number of aromatic amines is 1. The summed E-state index contributed by atoms with van der Waals surface area (Å²) in [6.45, 7) is 4.62. The number of hydrogen-bond acceptors (Lipinski definition) is 3. The number of imidazole rings is 1. The summed E-state index contributed by atoms with van der Waals surface area (Å²) in [4.78, 5) is 14.9. The highest BCUT2D eigenvalue weighted by Crippen LogP contribution is 2.30. The molecule has 1 aliphatic rings. The molecule has 1 unspecified atom stereocenters. The van der Waals surface area contributed by atoms with Gasteiger partial charge in [-0.1, -0.05) is 0 Å². The van der Waals surface area contributed by atoms with Crippen molar-refractivity contribution < 1.29 is 4.39 Å². The molecular formula is C17H18FN5O. The Kier molecular flexibility index (Phi) is 3.38. The van der Waals surface area contributed by atoms with Crippen molar-refractivity contribution in [3.8, 4) is 11.5 Å². The van der Waals surface area contributed by atoms with Gasteiger partial charge in [0.05, 0.1) is 11.4 Å². The molecule has 6 nitrogen and oxygen atoms in total. The van der Waals surface area contributed by atoms with Gasteiger partial charge in [0.15, 0.2) is 0 Å². The number of aromatic nitrogens is 4. The summed E-state index contributed by atoms with van der Waals surface area (Å²) in [6.07, 6.45) is 4.08. The second kappa shape index (κ2) is 5.45. The van der Waals surface area contributed by atoms with Crippen LogP contribution in [0.5, 0.6) is 0 Å². The molecule has 24 heavy (non-hydrogen) atoms. The van der Waals surface area contributed by atoms with Crippen molar-refractivity contribution in [3.05, 3.63) is 63.7 Å². The number of hydrogen-bond donors (Lipinski definition) is 2. The van der Waals surface area contributed by atoms with E-state index in [2.05, 4.69) is 17.2 Å². The van der Waals surface area contributed by atoms with E-state index in [9.17, 15) is 9.18 Å². The topological polar surface area (TPSA) is 67.6 Å². The second-order valence-corrected chi connectivity index (χ2v) is 6.09. The van der Waals surface area contributed by atoms with Gasteiger partial charge in [0.1, 0.15) is 11.6 Å². The van der Waals surface area contributed by atoms with Crippen molar-refractivity contribution in [3.63, 3.8) is 0 Å². The van der Waals surface area contributed by atoms with E-state index in [1.54, 1.807) is 40.7 Å². The van der Waals surface area contributed by atoms with Gasteiger partial charge in [-0.2, -0.15) is 5.10 Å². The molecule has 0 saturated heterocycles. The molecule has 0 bridgehead atoms. The molecule has 1 atom stereocenters. The lowest BCUT2D eigenvalue weighted by Crippen LogP contribution is -2.29. The number of rotatable bonds is 2. The molecule has 3 heterocycles. The fraction of sp³-hybridized carbons (Fsp3) is 0.294. The Morgan fingerprint density at radius 1 is 1.38 bits per heavy atom. The molecule has 0 amide bonds. The zero-order valence-corrected chi connectivity index (χ0v) is 13.5. The van der Waals surface area contributed by atoms with Gasteiger partial charge in [0.25, 0.3) is 0 Å². The van der Waals surface area contributed by atoms with E-state index >= 15 is 0 Å². The first-order valence-corrected chi connectivity index (χ1v) is 7.94. The molecule has 0 spiro atoms. The largest absolute Gasteiger partial charge is 0.331 e. The number of benzene rings is 1. The van der Waals surface area contributed by atoms with E-state index in [4.69, 9.17) is 5.10 Å². The molecule has 2 N–H and O–H groups in total. The smallest absolute Gasteiger partial charge is 0.312 e. The maximum atomic E-state index is 13.6. The average Bonchev–Trinajstić information content (AvgIpc) is 3.14. The maximum absolute atomic E-state index is 13.6. The van der Waals surface area contributed by atoms with E-state index in [0.29, 0.717) is 11.4 Å². The molecule has 2 aromatic heterocycles. The van der Waals surface area contributed by atoms with Crippen LogP contribution in [0, 0.1) is 12.7 Å². The summed E-state index contributed by atoms with van der Waals surface area (Å²) in [5, 5.41) is 8.13. The van der Waals surface area contributed by atoms with Gasteiger partial charge in [-0.3, -0.25) is 4.57 Å². The molecular weight excluding hydrogens is 309 g/mol. The predicted octanol–water partition coefficient (Wildman–Crippen LogP) is 2.01. The highest BCUT2D eigenvalue weighted by Gasteiger charge is 2.28. The monoisotopic (exact) mass is 327 g/mol. The summed E-state index contributed by atoms with van der Waals surface area (Å²) in [7, 11) is 0. The van der Waals surface area contributed by atoms with Crippen LogP contribution in [0.15, 0.2) is 35.4 Å². The molecule has 0 radical (unpaired) electrons. The second-order valence-electron chi connectivity index (χ2n) is 6.09. The standard InChI is InChI=1S/C17H18FN5O/c1-10-9-12(3-4-13(10)18)23-16(22-8-7-20-17(22)24)15-11(2)19-6-5-14(15)21-23/h3-4,7-9,11,19H,5-6H2,1-2H3,(H,20,24). The maximum Gasteiger partial charge on any atom is 0.331 e. The summed E-state index contributed by atoms with van der Waals surface area (Å²) in [5.41, 5.74) is 3.02. The Hall–Kier alpha value is -2.67. The van der Waals surface area contributed by atoms with Crippen LogP contribution in [0.1, 0.15) is 29.8 Å². The minimum atomic E-state index is -0.258. The van der Waals surface area contributed by atoms with Crippen molar-refractivity contribution in [1.29, 1.82) is 0 Å². The first-order valence-electron chi connectivity index (χ1n) is 7.94. The number of nitrogens with one attached hydrogen (secondary N) is 2. The Bertz CT molecular complexity index is 968. The van der Waals surface area contributed by atoms with E-state index in [-0.39, 0.29) is 17.5 Å². The minimum Gasteiger partial charge on any atom is -0.312 e. The lowest BCUT2D eigenvalue weighted by molar-refractivity contribution is 0.536. The Labute approximate surface area is 137 Å². The van der Waals surface area contributed by atoms with Crippen molar-refractivity contribution in [1.82, 2.24) is 24.6 Å². The molecule has 124 valence electrons. The molecule has 1 aromatic carbocycles. The molecule has 0 aliphatic carbocycles. The first-order chi connectivity index (χ1) is 11.6. The fourth-order valence-corrected chi connectivity index (χ4v) is 3.26. The summed E-state index contributed by atoms with van der Waals surface area (Å²) in [6, 6.07) is 4.94. The fourth-order valence-electron chi connectivity index (χ4n) is 3.26. The van der Waals surface area contributed by atoms with Crippen molar-refractivity contribution in [2.45, 2.75) is 26.3 Å². The van der Waals surface area contributed by atoms with Gasteiger partial charge in [0, 0.05) is 37.0 Å². The zero-order chi connectivity index (χ0) is 16.8. The molecule has 1 aliphatic heterocycles. The van der Waals surface area contributed by atoms with Crippen LogP contribution < -0.4 is 11.0 Å². The number of halogens is 1. The third-order valence-electron chi connectivity index (χ3n) is 4.48. The predicted molar refractivity (Wildman–Crippen MR) is 88.3 cm³/mol. The highest BCUT2D eigenvalue weighted by atomic mass is 19.1. The number of H-pyrrole nitrogens is 1. The van der Waals surface area contributed by atoms with Crippen molar-refractivity contribution >= 4 is 0 Å². The van der Waals surface area contributed by atoms with Gasteiger partial charge in [-0.15, -0.1) is 0 Å².